The fourth-order valence-corrected chi connectivity index (χ4v) is 3.24. The van der Waals surface area contributed by atoms with Crippen LogP contribution in [0.3, 0.4) is 0 Å². The van der Waals surface area contributed by atoms with Gasteiger partial charge in [-0.2, -0.15) is 0 Å². The van der Waals surface area contributed by atoms with Gasteiger partial charge in [0.15, 0.2) is 5.78 Å². The van der Waals surface area contributed by atoms with Crippen LogP contribution in [-0.2, 0) is 4.79 Å². The lowest BCUT2D eigenvalue weighted by atomic mass is 9.75. The zero-order valence-electron chi connectivity index (χ0n) is 13.4. The van der Waals surface area contributed by atoms with Crippen molar-refractivity contribution in [1.29, 1.82) is 0 Å². The summed E-state index contributed by atoms with van der Waals surface area (Å²) in [6.07, 6.45) is 0.320. The summed E-state index contributed by atoms with van der Waals surface area (Å²) >= 11 is 0. The maximum atomic E-state index is 12.8. The first kappa shape index (κ1) is 15.3. The molecule has 1 aliphatic rings. The van der Waals surface area contributed by atoms with Crippen molar-refractivity contribution in [3.63, 3.8) is 0 Å². The van der Waals surface area contributed by atoms with Crippen molar-refractivity contribution >= 4 is 11.6 Å². The number of ether oxygens (including phenoxy) is 2. The number of fused-ring (bicyclic) bond motifs is 2. The van der Waals surface area contributed by atoms with E-state index in [1.807, 2.05) is 12.1 Å². The Morgan fingerprint density at radius 1 is 1.09 bits per heavy atom. The van der Waals surface area contributed by atoms with Gasteiger partial charge in [-0.05, 0) is 36.8 Å². The Morgan fingerprint density at radius 3 is 2.52 bits per heavy atom. The van der Waals surface area contributed by atoms with Gasteiger partial charge in [0.2, 0.25) is 0 Å². The fourth-order valence-electron chi connectivity index (χ4n) is 3.24. The maximum absolute atomic E-state index is 12.8. The van der Waals surface area contributed by atoms with Gasteiger partial charge in [0.25, 0.3) is 0 Å². The molecule has 0 radical (unpaired) electrons. The summed E-state index contributed by atoms with van der Waals surface area (Å²) in [6, 6.07) is 10.8. The molecule has 1 atom stereocenters. The third-order valence-electron chi connectivity index (χ3n) is 4.25. The van der Waals surface area contributed by atoms with Gasteiger partial charge in [0, 0.05) is 29.0 Å². The standard InChI is InChI=1S/C19H18O4/c1-11(20)9-16-15-10-12(22-2)7-8-13(15)19(21)14-5-4-6-17(23-3)18(14)16/h4-8,10,16H,9H2,1-3H3. The number of carbonyl (C=O) groups excluding carboxylic acids is 2. The Labute approximate surface area is 135 Å². The molecule has 0 saturated carbocycles. The van der Waals surface area contributed by atoms with Crippen LogP contribution in [0.15, 0.2) is 36.4 Å². The normalized spacial score (nSPS) is 15.6. The Bertz CT molecular complexity index is 792. The highest BCUT2D eigenvalue weighted by Gasteiger charge is 2.34. The molecule has 1 unspecified atom stereocenters. The lowest BCUT2D eigenvalue weighted by Gasteiger charge is -2.28. The van der Waals surface area contributed by atoms with E-state index in [1.165, 1.54) is 0 Å². The van der Waals surface area contributed by atoms with Crippen LogP contribution in [0.2, 0.25) is 0 Å². The number of hydrogen-bond donors (Lipinski definition) is 0. The van der Waals surface area contributed by atoms with Crippen molar-refractivity contribution in [2.75, 3.05) is 14.2 Å². The molecule has 4 heteroatoms. The van der Waals surface area contributed by atoms with Crippen LogP contribution in [0.1, 0.15) is 46.3 Å². The van der Waals surface area contributed by atoms with Gasteiger partial charge in [-0.15, -0.1) is 0 Å². The second-order valence-electron chi connectivity index (χ2n) is 5.66. The number of ketones is 2. The summed E-state index contributed by atoms with van der Waals surface area (Å²) in [5.41, 5.74) is 2.84. The van der Waals surface area contributed by atoms with Gasteiger partial charge in [-0.3, -0.25) is 9.59 Å². The number of methoxy groups -OCH3 is 2. The Balaban J connectivity index is 2.28. The zero-order chi connectivity index (χ0) is 16.6. The molecule has 1 aliphatic carbocycles. The highest BCUT2D eigenvalue weighted by molar-refractivity contribution is 6.13. The number of hydrogen-bond acceptors (Lipinski definition) is 4. The molecule has 0 spiro atoms. The Hall–Kier alpha value is -2.62. The summed E-state index contributed by atoms with van der Waals surface area (Å²) in [5.74, 6) is 1.12. The van der Waals surface area contributed by atoms with Crippen molar-refractivity contribution in [1.82, 2.24) is 0 Å². The van der Waals surface area contributed by atoms with Crippen molar-refractivity contribution in [2.24, 2.45) is 0 Å². The van der Waals surface area contributed by atoms with Crippen LogP contribution in [0.4, 0.5) is 0 Å². The van der Waals surface area contributed by atoms with E-state index in [0.29, 0.717) is 29.0 Å². The summed E-state index contributed by atoms with van der Waals surface area (Å²) < 4.78 is 10.7. The highest BCUT2D eigenvalue weighted by Crippen LogP contribution is 2.44. The molecule has 0 fully saturated rings. The van der Waals surface area contributed by atoms with E-state index in [0.717, 1.165) is 11.1 Å². The van der Waals surface area contributed by atoms with E-state index < -0.39 is 0 Å². The molecule has 0 aromatic heterocycles. The van der Waals surface area contributed by atoms with Crippen LogP contribution >= 0.6 is 0 Å². The van der Waals surface area contributed by atoms with Gasteiger partial charge >= 0.3 is 0 Å². The third-order valence-corrected chi connectivity index (χ3v) is 4.25. The van der Waals surface area contributed by atoms with Crippen molar-refractivity contribution in [3.8, 4) is 11.5 Å². The van der Waals surface area contributed by atoms with Crippen LogP contribution < -0.4 is 9.47 Å². The monoisotopic (exact) mass is 310 g/mol. The quantitative estimate of drug-likeness (QED) is 0.869. The molecule has 2 aromatic rings. The molecule has 0 heterocycles. The number of benzene rings is 2. The molecule has 118 valence electrons. The predicted molar refractivity (Wildman–Crippen MR) is 86.6 cm³/mol. The summed E-state index contributed by atoms with van der Waals surface area (Å²) in [6.45, 7) is 1.56. The van der Waals surface area contributed by atoms with Gasteiger partial charge in [-0.25, -0.2) is 0 Å². The second kappa shape index (κ2) is 5.88. The molecular weight excluding hydrogens is 292 g/mol. The lowest BCUT2D eigenvalue weighted by molar-refractivity contribution is -0.117. The highest BCUT2D eigenvalue weighted by atomic mass is 16.5. The molecule has 0 saturated heterocycles. The molecular formula is C19H18O4. The number of rotatable bonds is 4. The molecule has 2 aromatic carbocycles. The first-order valence-corrected chi connectivity index (χ1v) is 7.45. The molecule has 0 amide bonds. The predicted octanol–water partition coefficient (Wildman–Crippen LogP) is 3.36. The van der Waals surface area contributed by atoms with E-state index >= 15 is 0 Å². The second-order valence-corrected chi connectivity index (χ2v) is 5.66. The SMILES string of the molecule is COc1ccc2c(c1)C(CC(C)=O)c1c(OC)cccc1C2=O. The van der Waals surface area contributed by atoms with Crippen LogP contribution in [0, 0.1) is 0 Å². The molecule has 4 nitrogen and oxygen atoms in total. The smallest absolute Gasteiger partial charge is 0.193 e. The number of carbonyl (C=O) groups is 2. The fraction of sp³-hybridized carbons (Fsp3) is 0.263. The Morgan fingerprint density at radius 2 is 1.87 bits per heavy atom. The van der Waals surface area contributed by atoms with Gasteiger partial charge < -0.3 is 9.47 Å². The van der Waals surface area contributed by atoms with Gasteiger partial charge in [0.05, 0.1) is 14.2 Å². The molecule has 23 heavy (non-hydrogen) atoms. The average molecular weight is 310 g/mol. The van der Waals surface area contributed by atoms with Gasteiger partial charge in [0.1, 0.15) is 17.3 Å². The molecule has 0 bridgehead atoms. The first-order valence-electron chi connectivity index (χ1n) is 7.45. The zero-order valence-corrected chi connectivity index (χ0v) is 13.4. The van der Waals surface area contributed by atoms with Crippen molar-refractivity contribution in [2.45, 2.75) is 19.3 Å². The van der Waals surface area contributed by atoms with E-state index in [1.54, 1.807) is 45.4 Å². The largest absolute Gasteiger partial charge is 0.497 e. The summed E-state index contributed by atoms with van der Waals surface area (Å²) in [4.78, 5) is 24.6. The van der Waals surface area contributed by atoms with E-state index in [2.05, 4.69) is 0 Å². The van der Waals surface area contributed by atoms with Crippen molar-refractivity contribution < 1.29 is 19.1 Å². The van der Waals surface area contributed by atoms with E-state index in [4.69, 9.17) is 9.47 Å². The summed E-state index contributed by atoms with van der Waals surface area (Å²) in [5, 5.41) is 0. The van der Waals surface area contributed by atoms with Crippen LogP contribution in [0.5, 0.6) is 11.5 Å². The number of Topliss-reactive ketones (excluding diaryl/α,β-unsaturated/α-hetero) is 1. The van der Waals surface area contributed by atoms with E-state index in [-0.39, 0.29) is 17.5 Å². The maximum Gasteiger partial charge on any atom is 0.193 e. The Kier molecular flexibility index (Phi) is 3.90. The van der Waals surface area contributed by atoms with Gasteiger partial charge in [-0.1, -0.05) is 12.1 Å². The minimum atomic E-state index is -0.207. The van der Waals surface area contributed by atoms with Crippen LogP contribution in [0.25, 0.3) is 0 Å². The third kappa shape index (κ3) is 2.50. The minimum absolute atomic E-state index is 0.0450. The van der Waals surface area contributed by atoms with Crippen molar-refractivity contribution in [3.05, 3.63) is 58.7 Å². The molecule has 0 aliphatic heterocycles. The molecule has 3 rings (SSSR count). The lowest BCUT2D eigenvalue weighted by Crippen LogP contribution is -2.22. The summed E-state index contributed by atoms with van der Waals surface area (Å²) in [7, 11) is 3.16. The molecule has 0 N–H and O–H groups in total. The van der Waals surface area contributed by atoms with Crippen LogP contribution in [-0.4, -0.2) is 25.8 Å². The van der Waals surface area contributed by atoms with E-state index in [9.17, 15) is 9.59 Å². The minimum Gasteiger partial charge on any atom is -0.497 e. The average Bonchev–Trinajstić information content (AvgIpc) is 2.57. The first-order chi connectivity index (χ1) is 11.1. The topological polar surface area (TPSA) is 52.6 Å².